The van der Waals surface area contributed by atoms with Crippen LogP contribution >= 0.6 is 22.9 Å². The molecule has 1 aliphatic heterocycles. The van der Waals surface area contributed by atoms with Crippen molar-refractivity contribution in [2.45, 2.75) is 19.8 Å². The fourth-order valence-corrected chi connectivity index (χ4v) is 4.47. The second-order valence-corrected chi connectivity index (χ2v) is 7.16. The number of carbonyl (C=O) groups is 2. The smallest absolute Gasteiger partial charge is 0.265 e. The maximum Gasteiger partial charge on any atom is 0.265 e. The zero-order valence-corrected chi connectivity index (χ0v) is 14.5. The van der Waals surface area contributed by atoms with Gasteiger partial charge in [-0.05, 0) is 25.8 Å². The summed E-state index contributed by atoms with van der Waals surface area (Å²) in [4.78, 5) is 27.2. The molecule has 1 N–H and O–H groups in total. The van der Waals surface area contributed by atoms with Crippen LogP contribution in [-0.2, 0) is 4.79 Å². The lowest BCUT2D eigenvalue weighted by Gasteiger charge is -2.31. The van der Waals surface area contributed by atoms with Crippen molar-refractivity contribution in [2.75, 3.05) is 19.6 Å². The normalized spacial score (nSPS) is 18.2. The summed E-state index contributed by atoms with van der Waals surface area (Å²) >= 11 is 7.83. The van der Waals surface area contributed by atoms with Crippen LogP contribution in [0.1, 0.15) is 29.4 Å². The average molecular weight is 351 g/mol. The average Bonchev–Trinajstić information content (AvgIpc) is 2.92. The highest BCUT2D eigenvalue weighted by atomic mass is 35.5. The lowest BCUT2D eigenvalue weighted by atomic mass is 9.97. The lowest BCUT2D eigenvalue weighted by Crippen LogP contribution is -2.45. The number of piperidine rings is 1. The van der Waals surface area contributed by atoms with E-state index in [0.717, 1.165) is 22.9 Å². The summed E-state index contributed by atoms with van der Waals surface area (Å²) in [7, 11) is 0. The highest BCUT2D eigenvalue weighted by molar-refractivity contribution is 7.21. The van der Waals surface area contributed by atoms with Crippen molar-refractivity contribution >= 4 is 44.8 Å². The molecule has 6 heteroatoms. The maximum atomic E-state index is 12.8. The molecule has 1 atom stereocenters. The molecule has 1 aromatic heterocycles. The molecule has 0 radical (unpaired) electrons. The molecule has 122 valence electrons. The van der Waals surface area contributed by atoms with Crippen molar-refractivity contribution in [2.24, 2.45) is 5.92 Å². The van der Waals surface area contributed by atoms with Gasteiger partial charge in [0.2, 0.25) is 5.91 Å². The van der Waals surface area contributed by atoms with Gasteiger partial charge >= 0.3 is 0 Å². The number of hydrogen-bond acceptors (Lipinski definition) is 3. The fraction of sp³-hybridized carbons (Fsp3) is 0.412. The maximum absolute atomic E-state index is 12.8. The second kappa shape index (κ2) is 6.89. The third-order valence-corrected chi connectivity index (χ3v) is 5.82. The number of thiophene rings is 1. The van der Waals surface area contributed by atoms with E-state index < -0.39 is 0 Å². The zero-order chi connectivity index (χ0) is 16.4. The zero-order valence-electron chi connectivity index (χ0n) is 13.0. The number of nitrogens with zero attached hydrogens (tertiary/aromatic N) is 1. The number of benzene rings is 1. The monoisotopic (exact) mass is 350 g/mol. The molecule has 0 bridgehead atoms. The molecule has 1 aliphatic rings. The third kappa shape index (κ3) is 3.21. The van der Waals surface area contributed by atoms with Crippen molar-refractivity contribution in [3.05, 3.63) is 34.2 Å². The van der Waals surface area contributed by atoms with Gasteiger partial charge in [-0.15, -0.1) is 11.3 Å². The highest BCUT2D eigenvalue weighted by Crippen LogP contribution is 2.36. The largest absolute Gasteiger partial charge is 0.356 e. The van der Waals surface area contributed by atoms with E-state index in [-0.39, 0.29) is 17.7 Å². The van der Waals surface area contributed by atoms with Gasteiger partial charge in [0.1, 0.15) is 4.88 Å². The number of carbonyl (C=O) groups excluding carboxylic acids is 2. The Bertz CT molecular complexity index is 743. The van der Waals surface area contributed by atoms with Crippen molar-refractivity contribution in [3.8, 4) is 0 Å². The minimum absolute atomic E-state index is 0.0347. The minimum Gasteiger partial charge on any atom is -0.356 e. The van der Waals surface area contributed by atoms with Gasteiger partial charge in [-0.25, -0.2) is 0 Å². The molecule has 4 nitrogen and oxygen atoms in total. The van der Waals surface area contributed by atoms with Crippen LogP contribution < -0.4 is 5.32 Å². The van der Waals surface area contributed by atoms with Crippen molar-refractivity contribution in [1.82, 2.24) is 10.2 Å². The van der Waals surface area contributed by atoms with Crippen LogP contribution in [0, 0.1) is 5.92 Å². The Hall–Kier alpha value is -1.59. The quantitative estimate of drug-likeness (QED) is 0.920. The van der Waals surface area contributed by atoms with Gasteiger partial charge in [-0.1, -0.05) is 29.8 Å². The topological polar surface area (TPSA) is 49.4 Å². The fourth-order valence-electron chi connectivity index (χ4n) is 2.99. The molecule has 1 unspecified atom stereocenters. The molecule has 1 saturated heterocycles. The van der Waals surface area contributed by atoms with Crippen LogP contribution in [0.5, 0.6) is 0 Å². The minimum atomic E-state index is -0.124. The number of fused-ring (bicyclic) bond motifs is 1. The standard InChI is InChI=1S/C17H19ClN2O2S/c1-2-19-16(21)11-6-5-9-20(10-11)17(22)15-14(18)12-7-3-4-8-13(12)23-15/h3-4,7-8,11H,2,5-6,9-10H2,1H3,(H,19,21). The van der Waals surface area contributed by atoms with E-state index in [1.54, 1.807) is 4.90 Å². The van der Waals surface area contributed by atoms with Crippen LogP contribution in [0.2, 0.25) is 5.02 Å². The molecule has 1 aromatic carbocycles. The molecule has 1 fully saturated rings. The van der Waals surface area contributed by atoms with Gasteiger partial charge in [-0.2, -0.15) is 0 Å². The van der Waals surface area contributed by atoms with Crippen molar-refractivity contribution < 1.29 is 9.59 Å². The second-order valence-electron chi connectivity index (χ2n) is 5.73. The van der Waals surface area contributed by atoms with Crippen LogP contribution in [0.3, 0.4) is 0 Å². The number of nitrogens with one attached hydrogen (secondary N) is 1. The lowest BCUT2D eigenvalue weighted by molar-refractivity contribution is -0.126. The molecule has 0 saturated carbocycles. The van der Waals surface area contributed by atoms with E-state index in [1.807, 2.05) is 31.2 Å². The van der Waals surface area contributed by atoms with Crippen LogP contribution in [0.4, 0.5) is 0 Å². The Balaban J connectivity index is 1.81. The summed E-state index contributed by atoms with van der Waals surface area (Å²) in [6, 6.07) is 7.76. The summed E-state index contributed by atoms with van der Waals surface area (Å²) < 4.78 is 1.01. The van der Waals surface area contributed by atoms with Crippen LogP contribution in [0.15, 0.2) is 24.3 Å². The van der Waals surface area contributed by atoms with E-state index in [9.17, 15) is 9.59 Å². The number of likely N-dealkylation sites (tertiary alicyclic amines) is 1. The Kier molecular flexibility index (Phi) is 4.87. The summed E-state index contributed by atoms with van der Waals surface area (Å²) in [5, 5.41) is 4.29. The molecule has 3 rings (SSSR count). The Morgan fingerprint density at radius 1 is 1.39 bits per heavy atom. The van der Waals surface area contributed by atoms with Crippen molar-refractivity contribution in [3.63, 3.8) is 0 Å². The number of rotatable bonds is 3. The van der Waals surface area contributed by atoms with E-state index in [2.05, 4.69) is 5.32 Å². The van der Waals surface area contributed by atoms with Crippen LogP contribution in [-0.4, -0.2) is 36.3 Å². The Morgan fingerprint density at radius 3 is 2.91 bits per heavy atom. The SMILES string of the molecule is CCNC(=O)C1CCCN(C(=O)c2sc3ccccc3c2Cl)C1. The molecule has 2 heterocycles. The Morgan fingerprint density at radius 2 is 2.17 bits per heavy atom. The first-order valence-corrected chi connectivity index (χ1v) is 9.05. The van der Waals surface area contributed by atoms with Crippen LogP contribution in [0.25, 0.3) is 10.1 Å². The first-order valence-electron chi connectivity index (χ1n) is 7.85. The summed E-state index contributed by atoms with van der Waals surface area (Å²) in [6.07, 6.45) is 1.67. The van der Waals surface area contributed by atoms with E-state index in [4.69, 9.17) is 11.6 Å². The predicted octanol–water partition coefficient (Wildman–Crippen LogP) is 3.54. The number of hydrogen-bond donors (Lipinski definition) is 1. The van der Waals surface area contributed by atoms with Gasteiger partial charge in [0, 0.05) is 29.7 Å². The van der Waals surface area contributed by atoms with E-state index in [1.165, 1.54) is 11.3 Å². The van der Waals surface area contributed by atoms with E-state index >= 15 is 0 Å². The molecule has 2 amide bonds. The molecule has 0 aliphatic carbocycles. The summed E-state index contributed by atoms with van der Waals surface area (Å²) in [6.45, 7) is 3.67. The third-order valence-electron chi connectivity index (χ3n) is 4.16. The molecule has 23 heavy (non-hydrogen) atoms. The molecular weight excluding hydrogens is 332 g/mol. The van der Waals surface area contributed by atoms with Gasteiger partial charge in [0.25, 0.3) is 5.91 Å². The number of halogens is 1. The predicted molar refractivity (Wildman–Crippen MR) is 94.1 cm³/mol. The van der Waals surface area contributed by atoms with Gasteiger partial charge in [-0.3, -0.25) is 9.59 Å². The first kappa shape index (κ1) is 16.3. The van der Waals surface area contributed by atoms with Crippen molar-refractivity contribution in [1.29, 1.82) is 0 Å². The van der Waals surface area contributed by atoms with Gasteiger partial charge < -0.3 is 10.2 Å². The molecule has 0 spiro atoms. The Labute approximate surface area is 144 Å². The number of amides is 2. The van der Waals surface area contributed by atoms with E-state index in [0.29, 0.717) is 29.5 Å². The summed E-state index contributed by atoms with van der Waals surface area (Å²) in [5.41, 5.74) is 0. The summed E-state index contributed by atoms with van der Waals surface area (Å²) in [5.74, 6) is -0.154. The molecule has 2 aromatic rings. The van der Waals surface area contributed by atoms with Gasteiger partial charge in [0.15, 0.2) is 0 Å². The van der Waals surface area contributed by atoms with Gasteiger partial charge in [0.05, 0.1) is 10.9 Å². The first-order chi connectivity index (χ1) is 11.1. The molecular formula is C17H19ClN2O2S. The highest BCUT2D eigenvalue weighted by Gasteiger charge is 2.30.